The van der Waals surface area contributed by atoms with Crippen LogP contribution in [0.15, 0.2) is 0 Å². The van der Waals surface area contributed by atoms with E-state index in [4.69, 9.17) is 0 Å². The molecule has 4 nitrogen and oxygen atoms in total. The van der Waals surface area contributed by atoms with Crippen LogP contribution in [0.3, 0.4) is 0 Å². The number of carbonyl (C=O) groups is 1. The SMILES string of the molecule is CCN(C)CCC1CCC(C=O)N1C.CN(C)C. The van der Waals surface area contributed by atoms with E-state index in [1.165, 1.54) is 12.8 Å². The van der Waals surface area contributed by atoms with Crippen molar-refractivity contribution in [2.24, 2.45) is 0 Å². The average Bonchev–Trinajstić information content (AvgIpc) is 2.66. The van der Waals surface area contributed by atoms with Gasteiger partial charge in [-0.3, -0.25) is 4.90 Å². The highest BCUT2D eigenvalue weighted by Crippen LogP contribution is 2.23. The fraction of sp³-hybridized carbons (Fsp3) is 0.929. The van der Waals surface area contributed by atoms with Crippen molar-refractivity contribution in [3.63, 3.8) is 0 Å². The minimum atomic E-state index is 0.173. The number of hydrogen-bond donors (Lipinski definition) is 0. The molecule has 4 heteroatoms. The first-order valence-corrected chi connectivity index (χ1v) is 6.89. The van der Waals surface area contributed by atoms with Gasteiger partial charge in [-0.05, 0) is 67.6 Å². The van der Waals surface area contributed by atoms with Gasteiger partial charge in [0.1, 0.15) is 6.29 Å². The normalized spacial score (nSPS) is 24.2. The van der Waals surface area contributed by atoms with Crippen LogP contribution in [0, 0.1) is 0 Å². The molecular weight excluding hydrogens is 226 g/mol. The van der Waals surface area contributed by atoms with E-state index in [1.807, 2.05) is 26.0 Å². The molecule has 1 aliphatic rings. The lowest BCUT2D eigenvalue weighted by Crippen LogP contribution is -2.35. The summed E-state index contributed by atoms with van der Waals surface area (Å²) in [7, 11) is 10.2. The van der Waals surface area contributed by atoms with Crippen LogP contribution >= 0.6 is 0 Å². The van der Waals surface area contributed by atoms with Crippen LogP contribution in [0.25, 0.3) is 0 Å². The molecule has 0 aromatic heterocycles. The zero-order valence-corrected chi connectivity index (χ0v) is 13.0. The number of rotatable bonds is 5. The van der Waals surface area contributed by atoms with Crippen molar-refractivity contribution >= 4 is 6.29 Å². The molecule has 2 atom stereocenters. The number of hydrogen-bond acceptors (Lipinski definition) is 4. The maximum atomic E-state index is 10.7. The summed E-state index contributed by atoms with van der Waals surface area (Å²) in [6.45, 7) is 4.41. The Bertz CT molecular complexity index is 218. The summed E-state index contributed by atoms with van der Waals surface area (Å²) < 4.78 is 0. The van der Waals surface area contributed by atoms with Crippen molar-refractivity contribution in [1.29, 1.82) is 0 Å². The average molecular weight is 257 g/mol. The molecule has 1 saturated heterocycles. The van der Waals surface area contributed by atoms with E-state index in [0.717, 1.165) is 25.8 Å². The quantitative estimate of drug-likeness (QED) is 0.691. The van der Waals surface area contributed by atoms with E-state index in [2.05, 4.69) is 30.8 Å². The Balaban J connectivity index is 0.000000631. The third-order valence-corrected chi connectivity index (χ3v) is 3.44. The van der Waals surface area contributed by atoms with Gasteiger partial charge in [-0.15, -0.1) is 0 Å². The van der Waals surface area contributed by atoms with Crippen LogP contribution in [0.5, 0.6) is 0 Å². The van der Waals surface area contributed by atoms with Gasteiger partial charge in [-0.25, -0.2) is 0 Å². The number of nitrogens with zero attached hydrogens (tertiary/aromatic N) is 3. The van der Waals surface area contributed by atoms with E-state index in [0.29, 0.717) is 6.04 Å². The van der Waals surface area contributed by atoms with E-state index in [1.54, 1.807) is 0 Å². The van der Waals surface area contributed by atoms with E-state index in [9.17, 15) is 4.79 Å². The fourth-order valence-corrected chi connectivity index (χ4v) is 2.08. The molecule has 18 heavy (non-hydrogen) atoms. The third-order valence-electron chi connectivity index (χ3n) is 3.44. The van der Waals surface area contributed by atoms with Crippen LogP contribution < -0.4 is 0 Å². The van der Waals surface area contributed by atoms with Crippen LogP contribution in [-0.4, -0.2) is 81.4 Å². The highest BCUT2D eigenvalue weighted by atomic mass is 16.1. The van der Waals surface area contributed by atoms with Gasteiger partial charge in [-0.1, -0.05) is 6.92 Å². The molecule has 0 N–H and O–H groups in total. The lowest BCUT2D eigenvalue weighted by atomic mass is 10.1. The summed E-state index contributed by atoms with van der Waals surface area (Å²) in [4.78, 5) is 17.3. The zero-order valence-electron chi connectivity index (χ0n) is 13.0. The van der Waals surface area contributed by atoms with Crippen molar-refractivity contribution < 1.29 is 4.79 Å². The minimum absolute atomic E-state index is 0.173. The summed E-state index contributed by atoms with van der Waals surface area (Å²) in [6, 6.07) is 0.783. The molecule has 0 amide bonds. The molecule has 0 bridgehead atoms. The first-order valence-electron chi connectivity index (χ1n) is 6.89. The molecule has 0 aliphatic carbocycles. The molecule has 2 unspecified atom stereocenters. The number of aldehydes is 1. The lowest BCUT2D eigenvalue weighted by Gasteiger charge is -2.24. The Labute approximate surface area is 113 Å². The largest absolute Gasteiger partial charge is 0.312 e. The Morgan fingerprint density at radius 1 is 1.22 bits per heavy atom. The molecule has 0 aromatic rings. The standard InChI is InChI=1S/C11H22N2O.C3H9N/c1-4-12(2)8-7-10-5-6-11(9-14)13(10)3;1-4(2)3/h9-11H,4-8H2,1-3H3;1-3H3. The van der Waals surface area contributed by atoms with Crippen molar-refractivity contribution in [3.05, 3.63) is 0 Å². The molecule has 0 spiro atoms. The summed E-state index contributed by atoms with van der Waals surface area (Å²) in [5, 5.41) is 0. The minimum Gasteiger partial charge on any atom is -0.312 e. The Morgan fingerprint density at radius 3 is 2.17 bits per heavy atom. The van der Waals surface area contributed by atoms with Crippen molar-refractivity contribution in [3.8, 4) is 0 Å². The molecule has 1 rings (SSSR count). The van der Waals surface area contributed by atoms with Gasteiger partial charge in [0, 0.05) is 6.04 Å². The third kappa shape index (κ3) is 7.09. The van der Waals surface area contributed by atoms with Crippen LogP contribution in [0.1, 0.15) is 26.2 Å². The lowest BCUT2D eigenvalue weighted by molar-refractivity contribution is -0.111. The van der Waals surface area contributed by atoms with E-state index >= 15 is 0 Å². The maximum Gasteiger partial charge on any atom is 0.137 e. The Kier molecular flexibility index (Phi) is 9.24. The molecule has 1 aliphatic heterocycles. The maximum absolute atomic E-state index is 10.7. The molecule has 0 saturated carbocycles. The first-order chi connectivity index (χ1) is 8.42. The van der Waals surface area contributed by atoms with Crippen LogP contribution in [0.4, 0.5) is 0 Å². The van der Waals surface area contributed by atoms with Crippen molar-refractivity contribution in [1.82, 2.24) is 14.7 Å². The fourth-order valence-electron chi connectivity index (χ4n) is 2.08. The molecule has 1 fully saturated rings. The zero-order chi connectivity index (χ0) is 14.1. The molecule has 1 heterocycles. The summed E-state index contributed by atoms with van der Waals surface area (Å²) in [6.07, 6.45) is 4.49. The highest BCUT2D eigenvalue weighted by Gasteiger charge is 2.29. The number of likely N-dealkylation sites (N-methyl/N-ethyl adjacent to an activating group) is 1. The molecular formula is C14H31N3O. The predicted molar refractivity (Wildman–Crippen MR) is 78.0 cm³/mol. The molecule has 0 aromatic carbocycles. The van der Waals surface area contributed by atoms with Gasteiger partial charge >= 0.3 is 0 Å². The Hall–Kier alpha value is -0.450. The first kappa shape index (κ1) is 17.6. The number of likely N-dealkylation sites (tertiary alicyclic amines) is 1. The number of carbonyl (C=O) groups excluding carboxylic acids is 1. The Morgan fingerprint density at radius 2 is 1.78 bits per heavy atom. The smallest absolute Gasteiger partial charge is 0.137 e. The van der Waals surface area contributed by atoms with E-state index in [-0.39, 0.29) is 6.04 Å². The van der Waals surface area contributed by atoms with Crippen molar-refractivity contribution in [2.75, 3.05) is 48.3 Å². The molecule has 0 radical (unpaired) electrons. The second-order valence-electron chi connectivity index (χ2n) is 5.63. The second kappa shape index (κ2) is 9.48. The van der Waals surface area contributed by atoms with Crippen molar-refractivity contribution in [2.45, 2.75) is 38.3 Å². The summed E-state index contributed by atoms with van der Waals surface area (Å²) >= 11 is 0. The van der Waals surface area contributed by atoms with Gasteiger partial charge in [0.05, 0.1) is 6.04 Å². The summed E-state index contributed by atoms with van der Waals surface area (Å²) in [5.41, 5.74) is 0. The predicted octanol–water partition coefficient (Wildman–Crippen LogP) is 1.17. The van der Waals surface area contributed by atoms with Gasteiger partial charge < -0.3 is 14.6 Å². The van der Waals surface area contributed by atoms with Gasteiger partial charge in [0.25, 0.3) is 0 Å². The van der Waals surface area contributed by atoms with E-state index < -0.39 is 0 Å². The highest BCUT2D eigenvalue weighted by molar-refractivity contribution is 5.58. The van der Waals surface area contributed by atoms with Gasteiger partial charge in [0.15, 0.2) is 0 Å². The van der Waals surface area contributed by atoms with Gasteiger partial charge in [0.2, 0.25) is 0 Å². The second-order valence-corrected chi connectivity index (χ2v) is 5.63. The molecule has 108 valence electrons. The monoisotopic (exact) mass is 257 g/mol. The summed E-state index contributed by atoms with van der Waals surface area (Å²) in [5.74, 6) is 0. The van der Waals surface area contributed by atoms with Crippen LogP contribution in [-0.2, 0) is 4.79 Å². The topological polar surface area (TPSA) is 26.8 Å². The van der Waals surface area contributed by atoms with Gasteiger partial charge in [-0.2, -0.15) is 0 Å². The van der Waals surface area contributed by atoms with Crippen LogP contribution in [0.2, 0.25) is 0 Å².